The van der Waals surface area contributed by atoms with Crippen LogP contribution in [0.15, 0.2) is 54.6 Å². The monoisotopic (exact) mass is 492 g/mol. The third-order valence-electron chi connectivity index (χ3n) is 4.36. The number of rotatable bonds is 4. The van der Waals surface area contributed by atoms with Crippen LogP contribution in [-0.2, 0) is 14.9 Å². The number of hydrogen-bond donors (Lipinski definition) is 3. The zero-order chi connectivity index (χ0) is 21.6. The summed E-state index contributed by atoms with van der Waals surface area (Å²) in [7, 11) is -5.12. The summed E-state index contributed by atoms with van der Waals surface area (Å²) in [5.74, 6) is -0.716. The van der Waals surface area contributed by atoms with Crippen molar-refractivity contribution in [3.8, 4) is 11.5 Å². The zero-order valence-electron chi connectivity index (χ0n) is 14.3. The maximum Gasteiger partial charge on any atom is 0.283 e. The topological polar surface area (TPSA) is 94.8 Å². The molecule has 0 heterocycles. The van der Waals surface area contributed by atoms with E-state index in [9.17, 15) is 23.2 Å². The van der Waals surface area contributed by atoms with Crippen LogP contribution in [0.1, 0.15) is 16.7 Å². The highest BCUT2D eigenvalue weighted by Gasteiger charge is 2.52. The second kappa shape index (κ2) is 7.87. The van der Waals surface area contributed by atoms with Crippen molar-refractivity contribution in [3.05, 3.63) is 91.4 Å². The Balaban J connectivity index is 2.66. The fraction of sp³-hybridized carbons (Fsp3) is 0.0526. The van der Waals surface area contributed by atoms with Gasteiger partial charge in [0.2, 0.25) is 0 Å². The SMILES string of the molecule is O=S(=O)(O)C(c1cccc(O)c1)(c1cccc(O)c1Cl)c1c(Cl)cc(Cl)cc1Cl. The summed E-state index contributed by atoms with van der Waals surface area (Å²) < 4.78 is 34.0. The summed E-state index contributed by atoms with van der Waals surface area (Å²) in [5, 5.41) is 19.5. The van der Waals surface area contributed by atoms with Gasteiger partial charge in [-0.15, -0.1) is 0 Å². The van der Waals surface area contributed by atoms with Gasteiger partial charge < -0.3 is 10.2 Å². The van der Waals surface area contributed by atoms with Gasteiger partial charge in [-0.1, -0.05) is 70.7 Å². The maximum absolute atomic E-state index is 13.0. The highest BCUT2D eigenvalue weighted by Crippen LogP contribution is 2.52. The Morgan fingerprint density at radius 2 is 1.41 bits per heavy atom. The fourth-order valence-electron chi connectivity index (χ4n) is 3.25. The largest absolute Gasteiger partial charge is 0.508 e. The summed E-state index contributed by atoms with van der Waals surface area (Å²) in [6.45, 7) is 0. The fourth-order valence-corrected chi connectivity index (χ4v) is 6.13. The van der Waals surface area contributed by atoms with Crippen molar-refractivity contribution >= 4 is 56.5 Å². The molecule has 0 aliphatic carbocycles. The Hall–Kier alpha value is -1.67. The lowest BCUT2D eigenvalue weighted by molar-refractivity contribution is 0.455. The summed E-state index contributed by atoms with van der Waals surface area (Å²) in [4.78, 5) is 0. The Labute approximate surface area is 186 Å². The van der Waals surface area contributed by atoms with Crippen molar-refractivity contribution in [2.45, 2.75) is 4.75 Å². The molecule has 29 heavy (non-hydrogen) atoms. The molecule has 0 aliphatic rings. The minimum Gasteiger partial charge on any atom is -0.508 e. The first kappa shape index (κ1) is 22.0. The van der Waals surface area contributed by atoms with Crippen molar-refractivity contribution in [1.82, 2.24) is 0 Å². The van der Waals surface area contributed by atoms with Crippen LogP contribution >= 0.6 is 46.4 Å². The van der Waals surface area contributed by atoms with E-state index in [0.717, 1.165) is 6.07 Å². The normalized spacial score (nSPS) is 13.8. The van der Waals surface area contributed by atoms with E-state index >= 15 is 0 Å². The quantitative estimate of drug-likeness (QED) is 0.311. The van der Waals surface area contributed by atoms with Crippen molar-refractivity contribution < 1.29 is 23.2 Å². The third kappa shape index (κ3) is 3.65. The van der Waals surface area contributed by atoms with Gasteiger partial charge in [-0.2, -0.15) is 8.42 Å². The predicted octanol–water partition coefficient (Wildman–Crippen LogP) is 5.89. The minimum absolute atomic E-state index is 0.112. The maximum atomic E-state index is 13.0. The summed E-state index contributed by atoms with van der Waals surface area (Å²) in [6, 6.07) is 11.5. The standard InChI is InChI=1S/C19H12Cl4O5S/c20-11-8-14(21)17(15(22)9-11)19(29(26,27)28,10-3-1-4-12(24)7-10)13-5-2-6-16(25)18(13)23/h1-9,24-25H,(H,26,27,28). The molecule has 0 radical (unpaired) electrons. The number of phenolic OH excluding ortho intramolecular Hbond substituents is 2. The molecule has 0 fully saturated rings. The van der Waals surface area contributed by atoms with E-state index in [4.69, 9.17) is 46.4 Å². The second-order valence-corrected chi connectivity index (χ2v) is 9.28. The molecule has 0 amide bonds. The number of phenols is 2. The Morgan fingerprint density at radius 3 is 1.97 bits per heavy atom. The van der Waals surface area contributed by atoms with E-state index in [-0.39, 0.29) is 42.5 Å². The van der Waals surface area contributed by atoms with Crippen LogP contribution in [0.2, 0.25) is 20.1 Å². The molecule has 3 aromatic carbocycles. The lowest BCUT2D eigenvalue weighted by atomic mass is 9.83. The highest BCUT2D eigenvalue weighted by atomic mass is 35.5. The minimum atomic E-state index is -5.12. The van der Waals surface area contributed by atoms with E-state index in [1.165, 1.54) is 48.5 Å². The lowest BCUT2D eigenvalue weighted by Crippen LogP contribution is -2.39. The highest BCUT2D eigenvalue weighted by molar-refractivity contribution is 7.87. The van der Waals surface area contributed by atoms with Gasteiger partial charge in [0.25, 0.3) is 10.1 Å². The molecule has 10 heteroatoms. The molecule has 3 rings (SSSR count). The van der Waals surface area contributed by atoms with Gasteiger partial charge in [0.1, 0.15) is 11.5 Å². The molecule has 5 nitrogen and oxygen atoms in total. The van der Waals surface area contributed by atoms with E-state index in [1.807, 2.05) is 0 Å². The first-order valence-corrected chi connectivity index (χ1v) is 10.8. The average Bonchev–Trinajstić information content (AvgIpc) is 2.59. The smallest absolute Gasteiger partial charge is 0.283 e. The third-order valence-corrected chi connectivity index (χ3v) is 7.00. The van der Waals surface area contributed by atoms with Crippen molar-refractivity contribution in [1.29, 1.82) is 0 Å². The van der Waals surface area contributed by atoms with E-state index in [0.29, 0.717) is 0 Å². The Morgan fingerprint density at radius 1 is 0.828 bits per heavy atom. The molecule has 3 N–H and O–H groups in total. The van der Waals surface area contributed by atoms with Crippen LogP contribution in [-0.4, -0.2) is 23.2 Å². The predicted molar refractivity (Wildman–Crippen MR) is 114 cm³/mol. The molecule has 0 aliphatic heterocycles. The molecular formula is C19H12Cl4O5S. The first-order chi connectivity index (χ1) is 13.5. The van der Waals surface area contributed by atoms with Gasteiger partial charge in [-0.05, 0) is 35.9 Å². The molecule has 1 atom stereocenters. The van der Waals surface area contributed by atoms with E-state index in [2.05, 4.69) is 0 Å². The van der Waals surface area contributed by atoms with Crippen molar-refractivity contribution in [2.24, 2.45) is 0 Å². The van der Waals surface area contributed by atoms with Crippen LogP contribution in [0.3, 0.4) is 0 Å². The molecular weight excluding hydrogens is 482 g/mol. The summed E-state index contributed by atoms with van der Waals surface area (Å²) in [6.07, 6.45) is 0. The van der Waals surface area contributed by atoms with Gasteiger partial charge in [0.15, 0.2) is 4.75 Å². The molecule has 0 spiro atoms. The molecule has 1 unspecified atom stereocenters. The van der Waals surface area contributed by atoms with Gasteiger partial charge >= 0.3 is 0 Å². The zero-order valence-corrected chi connectivity index (χ0v) is 18.1. The number of hydrogen-bond acceptors (Lipinski definition) is 4. The molecule has 0 bridgehead atoms. The molecule has 152 valence electrons. The number of halogens is 4. The van der Waals surface area contributed by atoms with Crippen LogP contribution < -0.4 is 0 Å². The second-order valence-electron chi connectivity index (χ2n) is 6.09. The summed E-state index contributed by atoms with van der Waals surface area (Å²) >= 11 is 24.9. The summed E-state index contributed by atoms with van der Waals surface area (Å²) in [5.41, 5.74) is -0.581. The van der Waals surface area contributed by atoms with Crippen LogP contribution in [0.5, 0.6) is 11.5 Å². The molecule has 0 saturated heterocycles. The van der Waals surface area contributed by atoms with Gasteiger partial charge in [0.05, 0.1) is 5.02 Å². The van der Waals surface area contributed by atoms with Gasteiger partial charge in [-0.3, -0.25) is 4.55 Å². The lowest BCUT2D eigenvalue weighted by Gasteiger charge is -2.34. The molecule has 3 aromatic rings. The van der Waals surface area contributed by atoms with Crippen LogP contribution in [0, 0.1) is 0 Å². The van der Waals surface area contributed by atoms with Gasteiger partial charge in [0, 0.05) is 26.2 Å². The van der Waals surface area contributed by atoms with E-state index in [1.54, 1.807) is 0 Å². The number of aromatic hydroxyl groups is 2. The first-order valence-electron chi connectivity index (χ1n) is 7.89. The van der Waals surface area contributed by atoms with Crippen molar-refractivity contribution in [2.75, 3.05) is 0 Å². The van der Waals surface area contributed by atoms with Gasteiger partial charge in [-0.25, -0.2) is 0 Å². The van der Waals surface area contributed by atoms with E-state index < -0.39 is 20.6 Å². The Bertz CT molecular complexity index is 1190. The average molecular weight is 494 g/mol. The van der Waals surface area contributed by atoms with Crippen molar-refractivity contribution in [3.63, 3.8) is 0 Å². The van der Waals surface area contributed by atoms with Crippen LogP contribution in [0.25, 0.3) is 0 Å². The number of benzene rings is 3. The van der Waals surface area contributed by atoms with Crippen LogP contribution in [0.4, 0.5) is 0 Å². The molecule has 0 saturated carbocycles. The molecule has 0 aromatic heterocycles. The Kier molecular flexibility index (Phi) is 5.98.